The number of amides is 1. The zero-order chi connectivity index (χ0) is 53.6. The second-order valence-electron chi connectivity index (χ2n) is 21.6. The fraction of sp³-hybridized carbons (Fsp3) is 0.439. The Morgan fingerprint density at radius 1 is 0.974 bits per heavy atom. The predicted octanol–water partition coefficient (Wildman–Crippen LogP) is 9.83. The van der Waals surface area contributed by atoms with Crippen molar-refractivity contribution < 1.29 is 45.9 Å². The van der Waals surface area contributed by atoms with Crippen LogP contribution in [-0.4, -0.2) is 117 Å². The number of aromatic amines is 1. The van der Waals surface area contributed by atoms with Gasteiger partial charge in [-0.25, -0.2) is 26.9 Å². The number of hydrogen-bond donors (Lipinski definition) is 3. The number of methoxy groups -OCH3 is 1. The van der Waals surface area contributed by atoms with E-state index in [0.717, 1.165) is 69.7 Å². The molecule has 0 unspecified atom stereocenters. The number of alkyl halides is 1. The van der Waals surface area contributed by atoms with Crippen molar-refractivity contribution in [2.45, 2.75) is 93.9 Å². The van der Waals surface area contributed by atoms with Gasteiger partial charge in [0.2, 0.25) is 0 Å². The fourth-order valence-corrected chi connectivity index (χ4v) is 13.4. The molecule has 17 nitrogen and oxygen atoms in total. The van der Waals surface area contributed by atoms with Crippen molar-refractivity contribution in [3.63, 3.8) is 0 Å². The summed E-state index contributed by atoms with van der Waals surface area (Å²) in [5, 5.41) is 16.1. The van der Waals surface area contributed by atoms with Crippen LogP contribution in [0.4, 0.5) is 25.8 Å². The minimum Gasteiger partial charge on any atom is -0.497 e. The van der Waals surface area contributed by atoms with Crippen LogP contribution >= 0.6 is 0 Å². The number of piperazine rings is 1. The van der Waals surface area contributed by atoms with Gasteiger partial charge in [0.25, 0.3) is 21.6 Å². The van der Waals surface area contributed by atoms with Gasteiger partial charge in [-0.15, -0.1) is 0 Å². The number of carbonyl (C=O) groups is 1. The van der Waals surface area contributed by atoms with E-state index in [1.165, 1.54) is 29.0 Å². The predicted molar refractivity (Wildman–Crippen MR) is 287 cm³/mol. The highest BCUT2D eigenvalue weighted by Gasteiger charge is 2.50. The maximum absolute atomic E-state index is 16.7. The molecule has 6 heterocycles. The number of sulfonamides is 1. The number of piperidine rings is 1. The highest BCUT2D eigenvalue weighted by atomic mass is 32.2. The molecule has 4 aliphatic heterocycles. The molecule has 6 aromatic rings. The summed E-state index contributed by atoms with van der Waals surface area (Å²) >= 11 is 0. The lowest BCUT2D eigenvalue weighted by Gasteiger charge is -2.58. The Hall–Kier alpha value is -6.87. The maximum atomic E-state index is 16.7. The summed E-state index contributed by atoms with van der Waals surface area (Å²) in [5.41, 5.74) is 2.18. The molecule has 1 saturated carbocycles. The van der Waals surface area contributed by atoms with Gasteiger partial charge >= 0.3 is 0 Å². The van der Waals surface area contributed by atoms with Gasteiger partial charge in [-0.1, -0.05) is 50.2 Å². The molecule has 4 fully saturated rings. The first-order valence-electron chi connectivity index (χ1n) is 26.5. The van der Waals surface area contributed by atoms with Crippen LogP contribution in [0.15, 0.2) is 96.2 Å². The van der Waals surface area contributed by atoms with Crippen molar-refractivity contribution in [3.05, 3.63) is 135 Å². The van der Waals surface area contributed by atoms with Crippen LogP contribution in [0.3, 0.4) is 0 Å². The Labute approximate surface area is 446 Å². The number of carbonyl (C=O) groups excluding carboxylic acids is 1. The van der Waals surface area contributed by atoms with Crippen LogP contribution in [0, 0.1) is 21.3 Å². The smallest absolute Gasteiger partial charge is 0.294 e. The number of nitro benzene ring substituents is 1. The Kier molecular flexibility index (Phi) is 14.3. The Bertz CT molecular complexity index is 3300. The van der Waals surface area contributed by atoms with E-state index in [0.29, 0.717) is 36.1 Å². The van der Waals surface area contributed by atoms with Crippen molar-refractivity contribution in [2.75, 3.05) is 76.4 Å². The number of hydrogen-bond acceptors (Lipinski definition) is 14. The molecule has 1 atom stereocenters. The van der Waals surface area contributed by atoms with E-state index >= 15 is 8.78 Å². The van der Waals surface area contributed by atoms with Gasteiger partial charge in [0, 0.05) is 120 Å². The number of anilines is 2. The molecule has 0 radical (unpaired) electrons. The number of aromatic nitrogens is 2. The number of nitrogens with zero attached hydrogens (tertiary/aromatic N) is 5. The monoisotopic (exact) mass is 1070 g/mol. The second-order valence-corrected chi connectivity index (χ2v) is 23.3. The second kappa shape index (κ2) is 21.2. The molecule has 77 heavy (non-hydrogen) atoms. The van der Waals surface area contributed by atoms with Crippen molar-refractivity contribution in [1.29, 1.82) is 0 Å². The molecular weight excluding hydrogens is 1010 g/mol. The summed E-state index contributed by atoms with van der Waals surface area (Å²) in [5.74, 6) is -0.912. The van der Waals surface area contributed by atoms with Crippen LogP contribution < -0.4 is 29.1 Å². The number of H-pyrrole nitrogens is 1. The van der Waals surface area contributed by atoms with E-state index in [9.17, 15) is 23.3 Å². The van der Waals surface area contributed by atoms with E-state index in [4.69, 9.17) is 18.9 Å². The lowest BCUT2D eigenvalue weighted by atomic mass is 9.59. The molecule has 1 spiro atoms. The van der Waals surface area contributed by atoms with Crippen molar-refractivity contribution in [3.8, 4) is 23.0 Å². The van der Waals surface area contributed by atoms with E-state index in [1.54, 1.807) is 25.4 Å². The fourth-order valence-electron chi connectivity index (χ4n) is 12.3. The average Bonchev–Trinajstić information content (AvgIpc) is 4.18. The lowest BCUT2D eigenvalue weighted by Crippen LogP contribution is -2.60. The van der Waals surface area contributed by atoms with Crippen molar-refractivity contribution in [2.24, 2.45) is 5.41 Å². The molecule has 4 aromatic carbocycles. The van der Waals surface area contributed by atoms with Crippen LogP contribution in [0.25, 0.3) is 11.0 Å². The summed E-state index contributed by atoms with van der Waals surface area (Å²) in [6.45, 7) is 9.37. The minimum atomic E-state index is -4.94. The first kappa shape index (κ1) is 52.2. The van der Waals surface area contributed by atoms with E-state index in [-0.39, 0.29) is 91.3 Å². The van der Waals surface area contributed by atoms with Gasteiger partial charge in [-0.2, -0.15) is 0 Å². The molecule has 1 amide bonds. The Balaban J connectivity index is 0.820. The normalized spacial score (nSPS) is 19.7. The lowest BCUT2D eigenvalue weighted by molar-refractivity contribution is -0.384. The van der Waals surface area contributed by atoms with Crippen LogP contribution in [-0.2, 0) is 27.7 Å². The summed E-state index contributed by atoms with van der Waals surface area (Å²) in [7, 11) is -3.25. The molecular formula is C57H64F2N8O9S. The van der Waals surface area contributed by atoms with Gasteiger partial charge < -0.3 is 34.1 Å². The summed E-state index contributed by atoms with van der Waals surface area (Å²) in [6, 6.07) is 24.4. The van der Waals surface area contributed by atoms with Gasteiger partial charge in [0.05, 0.1) is 36.1 Å². The quantitative estimate of drug-likeness (QED) is 0.0612. The summed E-state index contributed by atoms with van der Waals surface area (Å²) in [6.07, 6.45) is 7.11. The van der Waals surface area contributed by atoms with Gasteiger partial charge in [0.1, 0.15) is 50.7 Å². The largest absolute Gasteiger partial charge is 0.497 e. The van der Waals surface area contributed by atoms with Gasteiger partial charge in [0.15, 0.2) is 0 Å². The highest BCUT2D eigenvalue weighted by molar-refractivity contribution is 7.90. The summed E-state index contributed by atoms with van der Waals surface area (Å²) < 4.78 is 85.7. The molecule has 11 rings (SSSR count). The number of pyridine rings is 1. The SMILES string of the molecule is COc1ccc(CN2CCN(C3CC4(CCN(c5cc(Oc6cnc7[nH]ccc7c6)c(C(=O)NS(=O)(=O)c6cc([N+](=O)[O-])c(NCC7(F)CCOCC7)c7c6OCC7)cc5F)CC4)C3)[C@H](c3ccccc3C(C)C)C2)cc1. The van der Waals surface area contributed by atoms with Crippen LogP contribution in [0.5, 0.6) is 23.0 Å². The number of benzene rings is 4. The number of fused-ring (bicyclic) bond motifs is 2. The third kappa shape index (κ3) is 10.6. The molecule has 20 heteroatoms. The molecule has 3 saturated heterocycles. The molecule has 5 aliphatic rings. The topological polar surface area (TPSA) is 194 Å². The van der Waals surface area contributed by atoms with E-state index < -0.39 is 48.5 Å². The summed E-state index contributed by atoms with van der Waals surface area (Å²) in [4.78, 5) is 40.1. The Morgan fingerprint density at radius 3 is 2.48 bits per heavy atom. The van der Waals surface area contributed by atoms with Crippen LogP contribution in [0.1, 0.15) is 96.9 Å². The van der Waals surface area contributed by atoms with Gasteiger partial charge in [-0.3, -0.25) is 24.7 Å². The third-order valence-electron chi connectivity index (χ3n) is 16.5. The first-order chi connectivity index (χ1) is 37.1. The van der Waals surface area contributed by atoms with Crippen molar-refractivity contribution in [1.82, 2.24) is 24.5 Å². The number of nitro groups is 1. The third-order valence-corrected chi connectivity index (χ3v) is 17.9. The molecule has 406 valence electrons. The van der Waals surface area contributed by atoms with Crippen molar-refractivity contribution >= 4 is 44.0 Å². The number of rotatable bonds is 16. The van der Waals surface area contributed by atoms with Gasteiger partial charge in [-0.05, 0) is 84.0 Å². The molecule has 1 aliphatic carbocycles. The zero-order valence-corrected chi connectivity index (χ0v) is 44.3. The number of halogens is 2. The standard InChI is InChI=1S/C57H64F2N8O9S/c1-36(2)42-6-4-5-7-43(42)49-34-64(33-37-8-10-40(73-3)11-9-37)21-22-66(49)39-30-56(31-39)14-19-65(20-15-56)47-28-50(76-41-26-38-12-18-60-54(38)61-32-41)45(27-46(47)58)55(68)63-77(71,72)51-29-48(67(69)70)52(44-13-23-75-53(44)51)62-35-57(59)16-24-74-25-17-57/h4-12,18,26-29,32,36,39,49,62H,13-17,19-25,30-31,33-35H2,1-3H3,(H,60,61)(H,63,68)/t49-/m0/s1. The number of ether oxygens (including phenoxy) is 4. The molecule has 3 N–H and O–H groups in total. The zero-order valence-electron chi connectivity index (χ0n) is 43.5. The van der Waals surface area contributed by atoms with E-state index in [1.807, 2.05) is 21.8 Å². The molecule has 0 bridgehead atoms. The number of nitrogens with one attached hydrogen (secondary N) is 3. The highest BCUT2D eigenvalue weighted by Crippen LogP contribution is 2.54. The average molecular weight is 1080 g/mol. The van der Waals surface area contributed by atoms with E-state index in [2.05, 4.69) is 75.3 Å². The van der Waals surface area contributed by atoms with Crippen LogP contribution in [0.2, 0.25) is 0 Å². The minimum absolute atomic E-state index is 0.0173. The molecule has 2 aromatic heterocycles. The maximum Gasteiger partial charge on any atom is 0.294 e. The Morgan fingerprint density at radius 2 is 1.74 bits per heavy atom. The first-order valence-corrected chi connectivity index (χ1v) is 28.0.